The van der Waals surface area contributed by atoms with Gasteiger partial charge in [0.1, 0.15) is 12.1 Å². The third-order valence-corrected chi connectivity index (χ3v) is 3.01. The van der Waals surface area contributed by atoms with Crippen molar-refractivity contribution in [3.63, 3.8) is 0 Å². The van der Waals surface area contributed by atoms with Crippen molar-refractivity contribution in [1.29, 1.82) is 5.41 Å². The number of benzene rings is 1. The summed E-state index contributed by atoms with van der Waals surface area (Å²) >= 11 is 0. The first-order chi connectivity index (χ1) is 8.02. The van der Waals surface area contributed by atoms with Crippen LogP contribution in [0.3, 0.4) is 0 Å². The number of para-hydroxylation sites is 1. The fourth-order valence-corrected chi connectivity index (χ4v) is 2.00. The predicted octanol–water partition coefficient (Wildman–Crippen LogP) is 3.49. The Morgan fingerprint density at radius 2 is 1.88 bits per heavy atom. The molecule has 1 rings (SSSR count). The summed E-state index contributed by atoms with van der Waals surface area (Å²) in [5.74, 6) is 0.580. The Hall–Kier alpha value is -1.35. The van der Waals surface area contributed by atoms with Crippen molar-refractivity contribution in [2.24, 2.45) is 0 Å². The van der Waals surface area contributed by atoms with Gasteiger partial charge < -0.3 is 9.64 Å². The summed E-state index contributed by atoms with van der Waals surface area (Å²) in [5, 5.41) is 8.11. The van der Waals surface area contributed by atoms with Crippen molar-refractivity contribution in [3.05, 3.63) is 29.3 Å². The maximum absolute atomic E-state index is 8.11. The van der Waals surface area contributed by atoms with Gasteiger partial charge in [0.05, 0.1) is 5.69 Å². The molecule has 0 aromatic heterocycles. The summed E-state index contributed by atoms with van der Waals surface area (Å²) in [6.07, 6.45) is 0.573. The molecule has 1 N–H and O–H groups in total. The number of nitrogens with zero attached hydrogens (tertiary/aromatic N) is 1. The molecule has 0 aliphatic carbocycles. The van der Waals surface area contributed by atoms with Crippen molar-refractivity contribution < 1.29 is 4.74 Å². The van der Waals surface area contributed by atoms with E-state index in [4.69, 9.17) is 10.1 Å². The number of nitrogens with one attached hydrogen (secondary N) is 1. The standard InChI is InChI=1S/C14H22N2O/c1-6-13(15)16(12(4)17-5)14-10(2)8-7-9-11(14)3/h7-9,12,15H,6H2,1-5H3. The number of methoxy groups -OCH3 is 1. The van der Waals surface area contributed by atoms with Crippen molar-refractivity contribution in [3.8, 4) is 0 Å². The van der Waals surface area contributed by atoms with Crippen LogP contribution in [0.25, 0.3) is 0 Å². The van der Waals surface area contributed by atoms with E-state index >= 15 is 0 Å². The van der Waals surface area contributed by atoms with Gasteiger partial charge in [0.15, 0.2) is 0 Å². The van der Waals surface area contributed by atoms with E-state index in [1.54, 1.807) is 7.11 Å². The Balaban J connectivity index is 3.26. The molecule has 3 heteroatoms. The largest absolute Gasteiger partial charge is 0.362 e. The monoisotopic (exact) mass is 234 g/mol. The first-order valence-corrected chi connectivity index (χ1v) is 5.98. The highest BCUT2D eigenvalue weighted by molar-refractivity contribution is 5.97. The van der Waals surface area contributed by atoms with E-state index in [1.165, 1.54) is 11.1 Å². The van der Waals surface area contributed by atoms with Crippen LogP contribution in [0.1, 0.15) is 31.4 Å². The van der Waals surface area contributed by atoms with E-state index in [1.807, 2.05) is 24.8 Å². The zero-order valence-electron chi connectivity index (χ0n) is 11.4. The first-order valence-electron chi connectivity index (χ1n) is 5.98. The summed E-state index contributed by atoms with van der Waals surface area (Å²) in [4.78, 5) is 1.96. The molecule has 0 bridgehead atoms. The zero-order valence-corrected chi connectivity index (χ0v) is 11.4. The molecule has 0 aliphatic rings. The van der Waals surface area contributed by atoms with Gasteiger partial charge >= 0.3 is 0 Å². The normalized spacial score (nSPS) is 12.3. The van der Waals surface area contributed by atoms with E-state index in [2.05, 4.69) is 26.0 Å². The lowest BCUT2D eigenvalue weighted by atomic mass is 10.1. The number of rotatable bonds is 4. The first kappa shape index (κ1) is 13.7. The SMILES string of the molecule is CCC(=N)N(c1c(C)cccc1C)C(C)OC. The van der Waals surface area contributed by atoms with Gasteiger partial charge in [-0.1, -0.05) is 25.1 Å². The molecule has 3 nitrogen and oxygen atoms in total. The number of amidine groups is 1. The molecule has 0 spiro atoms. The Kier molecular flexibility index (Phi) is 4.70. The van der Waals surface area contributed by atoms with Crippen LogP contribution in [-0.2, 0) is 4.74 Å². The highest BCUT2D eigenvalue weighted by Gasteiger charge is 2.20. The summed E-state index contributed by atoms with van der Waals surface area (Å²) in [5.41, 5.74) is 3.44. The minimum atomic E-state index is -0.123. The summed E-state index contributed by atoms with van der Waals surface area (Å²) < 4.78 is 5.38. The van der Waals surface area contributed by atoms with Crippen LogP contribution in [0, 0.1) is 19.3 Å². The predicted molar refractivity (Wildman–Crippen MR) is 72.9 cm³/mol. The molecule has 0 radical (unpaired) electrons. The molecule has 17 heavy (non-hydrogen) atoms. The Bertz CT molecular complexity index is 381. The van der Waals surface area contributed by atoms with Gasteiger partial charge in [0, 0.05) is 13.5 Å². The highest BCUT2D eigenvalue weighted by atomic mass is 16.5. The number of anilines is 1. The third kappa shape index (κ3) is 2.86. The third-order valence-electron chi connectivity index (χ3n) is 3.01. The molecule has 0 amide bonds. The van der Waals surface area contributed by atoms with Crippen molar-refractivity contribution >= 4 is 11.5 Å². The maximum Gasteiger partial charge on any atom is 0.132 e. The van der Waals surface area contributed by atoms with E-state index in [0.717, 1.165) is 5.69 Å². The minimum Gasteiger partial charge on any atom is -0.362 e. The molecule has 0 fully saturated rings. The summed E-state index contributed by atoms with van der Waals surface area (Å²) in [6.45, 7) is 8.10. The smallest absolute Gasteiger partial charge is 0.132 e. The number of aryl methyl sites for hydroxylation is 2. The average molecular weight is 234 g/mol. The molecule has 1 atom stereocenters. The Morgan fingerprint density at radius 1 is 1.35 bits per heavy atom. The van der Waals surface area contributed by atoms with E-state index in [-0.39, 0.29) is 6.23 Å². The fraction of sp³-hybridized carbons (Fsp3) is 0.500. The number of ether oxygens (including phenoxy) is 1. The molecular formula is C14H22N2O. The van der Waals surface area contributed by atoms with E-state index < -0.39 is 0 Å². The highest BCUT2D eigenvalue weighted by Crippen LogP contribution is 2.27. The second-order valence-corrected chi connectivity index (χ2v) is 4.25. The van der Waals surface area contributed by atoms with Crippen LogP contribution in [0.4, 0.5) is 5.69 Å². The second kappa shape index (κ2) is 5.82. The molecule has 0 aliphatic heterocycles. The molecule has 94 valence electrons. The Labute approximate surface area is 104 Å². The van der Waals surface area contributed by atoms with E-state index in [9.17, 15) is 0 Å². The van der Waals surface area contributed by atoms with Gasteiger partial charge in [0.2, 0.25) is 0 Å². The zero-order chi connectivity index (χ0) is 13.0. The molecule has 1 aromatic carbocycles. The van der Waals surface area contributed by atoms with Gasteiger partial charge in [-0.05, 0) is 31.9 Å². The van der Waals surface area contributed by atoms with Gasteiger partial charge in [0.25, 0.3) is 0 Å². The van der Waals surface area contributed by atoms with Crippen LogP contribution in [0.5, 0.6) is 0 Å². The molecule has 0 saturated carbocycles. The second-order valence-electron chi connectivity index (χ2n) is 4.25. The summed E-state index contributed by atoms with van der Waals surface area (Å²) in [7, 11) is 1.67. The van der Waals surface area contributed by atoms with E-state index in [0.29, 0.717) is 12.3 Å². The molecular weight excluding hydrogens is 212 g/mol. The molecule has 0 saturated heterocycles. The maximum atomic E-state index is 8.11. The fourth-order valence-electron chi connectivity index (χ4n) is 2.00. The number of hydrogen-bond donors (Lipinski definition) is 1. The van der Waals surface area contributed by atoms with Crippen LogP contribution in [-0.4, -0.2) is 19.2 Å². The van der Waals surface area contributed by atoms with Crippen LogP contribution >= 0.6 is 0 Å². The van der Waals surface area contributed by atoms with Crippen molar-refractivity contribution in [2.75, 3.05) is 12.0 Å². The van der Waals surface area contributed by atoms with Gasteiger partial charge in [-0.2, -0.15) is 0 Å². The minimum absolute atomic E-state index is 0.123. The van der Waals surface area contributed by atoms with Crippen LogP contribution in [0.15, 0.2) is 18.2 Å². The van der Waals surface area contributed by atoms with Gasteiger partial charge in [-0.3, -0.25) is 5.41 Å². The average Bonchev–Trinajstić information content (AvgIpc) is 2.32. The molecule has 0 heterocycles. The van der Waals surface area contributed by atoms with Crippen LogP contribution in [0.2, 0.25) is 0 Å². The van der Waals surface area contributed by atoms with Gasteiger partial charge in [-0.15, -0.1) is 0 Å². The lowest BCUT2D eigenvalue weighted by molar-refractivity contribution is 0.125. The lowest BCUT2D eigenvalue weighted by Crippen LogP contribution is -2.40. The lowest BCUT2D eigenvalue weighted by Gasteiger charge is -2.32. The summed E-state index contributed by atoms with van der Waals surface area (Å²) in [6, 6.07) is 6.18. The van der Waals surface area contributed by atoms with Crippen LogP contribution < -0.4 is 4.90 Å². The van der Waals surface area contributed by atoms with Crippen molar-refractivity contribution in [2.45, 2.75) is 40.3 Å². The van der Waals surface area contributed by atoms with Gasteiger partial charge in [-0.25, -0.2) is 0 Å². The molecule has 1 unspecified atom stereocenters. The molecule has 1 aromatic rings. The quantitative estimate of drug-likeness (QED) is 0.492. The van der Waals surface area contributed by atoms with Crippen molar-refractivity contribution in [1.82, 2.24) is 0 Å². The number of hydrogen-bond acceptors (Lipinski definition) is 2. The Morgan fingerprint density at radius 3 is 2.29 bits per heavy atom. The topological polar surface area (TPSA) is 36.3 Å².